The largest absolute Gasteiger partial charge is 0.335 e. The van der Waals surface area contributed by atoms with E-state index in [4.69, 9.17) is 6.42 Å². The van der Waals surface area contributed by atoms with E-state index in [1.807, 2.05) is 41.1 Å². The summed E-state index contributed by atoms with van der Waals surface area (Å²) in [6, 6.07) is 8.04. The van der Waals surface area contributed by atoms with Crippen molar-refractivity contribution in [2.24, 2.45) is 4.99 Å². The molecule has 1 saturated heterocycles. The number of rotatable bonds is 2. The van der Waals surface area contributed by atoms with E-state index in [1.165, 1.54) is 11.8 Å². The van der Waals surface area contributed by atoms with E-state index in [-0.39, 0.29) is 5.91 Å². The van der Waals surface area contributed by atoms with Crippen LogP contribution < -0.4 is 0 Å². The van der Waals surface area contributed by atoms with Crippen LogP contribution in [0.3, 0.4) is 0 Å². The van der Waals surface area contributed by atoms with Crippen molar-refractivity contribution in [2.75, 3.05) is 14.1 Å². The summed E-state index contributed by atoms with van der Waals surface area (Å²) in [4.78, 5) is 18.6. The Balaban J connectivity index is 2.10. The van der Waals surface area contributed by atoms with Gasteiger partial charge in [-0.3, -0.25) is 14.7 Å². The van der Waals surface area contributed by atoms with Crippen molar-refractivity contribution in [1.29, 1.82) is 0 Å². The van der Waals surface area contributed by atoms with E-state index >= 15 is 0 Å². The number of hydrogen-bond acceptors (Lipinski definition) is 3. The number of benzene rings is 1. The van der Waals surface area contributed by atoms with Gasteiger partial charge in [-0.2, -0.15) is 0 Å². The van der Waals surface area contributed by atoms with Gasteiger partial charge >= 0.3 is 0 Å². The molecule has 4 nitrogen and oxygen atoms in total. The molecule has 1 aliphatic heterocycles. The third-order valence-corrected chi connectivity index (χ3v) is 4.71. The van der Waals surface area contributed by atoms with E-state index in [0.717, 1.165) is 16.5 Å². The van der Waals surface area contributed by atoms with Crippen molar-refractivity contribution >= 4 is 39.8 Å². The molecule has 0 unspecified atom stereocenters. The highest BCUT2D eigenvalue weighted by atomic mass is 32.2. The van der Waals surface area contributed by atoms with Crippen molar-refractivity contribution in [2.45, 2.75) is 6.54 Å². The zero-order valence-electron chi connectivity index (χ0n) is 12.4. The average Bonchev–Trinajstić information content (AvgIpc) is 3.01. The minimum absolute atomic E-state index is 0.0284. The fourth-order valence-corrected chi connectivity index (χ4v) is 3.43. The van der Waals surface area contributed by atoms with Crippen LogP contribution in [0.4, 0.5) is 0 Å². The van der Waals surface area contributed by atoms with Gasteiger partial charge in [0.05, 0.1) is 11.4 Å². The first kappa shape index (κ1) is 14.5. The van der Waals surface area contributed by atoms with Crippen LogP contribution in [0.25, 0.3) is 17.0 Å². The highest BCUT2D eigenvalue weighted by molar-refractivity contribution is 8.18. The number of aliphatic imine (C=N–C) groups is 1. The van der Waals surface area contributed by atoms with Crippen LogP contribution in [0, 0.1) is 12.3 Å². The Morgan fingerprint density at radius 2 is 2.18 bits per heavy atom. The summed E-state index contributed by atoms with van der Waals surface area (Å²) in [5.41, 5.74) is 2.06. The van der Waals surface area contributed by atoms with E-state index in [2.05, 4.69) is 10.9 Å². The summed E-state index contributed by atoms with van der Waals surface area (Å²) < 4.78 is 2.02. The molecule has 1 amide bonds. The third kappa shape index (κ3) is 2.32. The summed E-state index contributed by atoms with van der Waals surface area (Å²) in [7, 11) is 3.42. The number of aromatic nitrogens is 1. The second kappa shape index (κ2) is 5.74. The summed E-state index contributed by atoms with van der Waals surface area (Å²) in [6.07, 6.45) is 9.34. The van der Waals surface area contributed by atoms with Crippen LogP contribution in [0.2, 0.25) is 0 Å². The van der Waals surface area contributed by atoms with Gasteiger partial charge in [-0.15, -0.1) is 6.42 Å². The molecule has 22 heavy (non-hydrogen) atoms. The number of amidine groups is 1. The van der Waals surface area contributed by atoms with Crippen LogP contribution in [-0.2, 0) is 11.3 Å². The van der Waals surface area contributed by atoms with Gasteiger partial charge in [-0.1, -0.05) is 24.1 Å². The second-order valence-electron chi connectivity index (χ2n) is 4.91. The van der Waals surface area contributed by atoms with E-state index < -0.39 is 0 Å². The standard InChI is InChI=1S/C17H15N3OS/c1-4-9-20-11-12(13-7-5-6-8-14(13)20)10-15-16(21)19(3)17(18-2)22-15/h1,5-8,10-11H,9H2,2-3H3. The molecule has 2 heterocycles. The Morgan fingerprint density at radius 3 is 2.86 bits per heavy atom. The lowest BCUT2D eigenvalue weighted by molar-refractivity contribution is -0.121. The first-order valence-electron chi connectivity index (χ1n) is 6.81. The first-order valence-corrected chi connectivity index (χ1v) is 7.63. The van der Waals surface area contributed by atoms with E-state index in [0.29, 0.717) is 16.6 Å². The zero-order chi connectivity index (χ0) is 15.7. The molecule has 0 spiro atoms. The Kier molecular flexibility index (Phi) is 3.78. The normalized spacial score (nSPS) is 18.6. The van der Waals surface area contributed by atoms with Gasteiger partial charge in [0, 0.05) is 36.8 Å². The zero-order valence-corrected chi connectivity index (χ0v) is 13.2. The van der Waals surface area contributed by atoms with Gasteiger partial charge in [-0.05, 0) is 23.9 Å². The van der Waals surface area contributed by atoms with Crippen molar-refractivity contribution in [3.8, 4) is 12.3 Å². The summed E-state index contributed by atoms with van der Waals surface area (Å²) in [5, 5.41) is 1.80. The number of amides is 1. The molecule has 5 heteroatoms. The molecule has 0 N–H and O–H groups in total. The SMILES string of the molecule is C#CCn1cc(C=C2SC(=NC)N(C)C2=O)c2ccccc21. The predicted octanol–water partition coefficient (Wildman–Crippen LogP) is 2.81. The lowest BCUT2D eigenvalue weighted by Gasteiger charge is -2.04. The highest BCUT2D eigenvalue weighted by Gasteiger charge is 2.29. The van der Waals surface area contributed by atoms with Gasteiger partial charge in [0.1, 0.15) is 0 Å². The molecule has 0 aliphatic carbocycles. The summed E-state index contributed by atoms with van der Waals surface area (Å²) in [5.74, 6) is 2.63. The molecule has 2 aromatic rings. The number of nitrogens with zero attached hydrogens (tertiary/aromatic N) is 3. The molecule has 0 saturated carbocycles. The maximum absolute atomic E-state index is 12.3. The molecule has 0 radical (unpaired) electrons. The maximum Gasteiger partial charge on any atom is 0.266 e. The van der Waals surface area contributed by atoms with Gasteiger partial charge < -0.3 is 4.57 Å². The third-order valence-electron chi connectivity index (χ3n) is 3.56. The van der Waals surface area contributed by atoms with Crippen LogP contribution in [0.1, 0.15) is 5.56 Å². The van der Waals surface area contributed by atoms with Crippen LogP contribution >= 0.6 is 11.8 Å². The monoisotopic (exact) mass is 309 g/mol. The number of hydrogen-bond donors (Lipinski definition) is 0. The lowest BCUT2D eigenvalue weighted by atomic mass is 10.1. The van der Waals surface area contributed by atoms with E-state index in [9.17, 15) is 4.79 Å². The second-order valence-corrected chi connectivity index (χ2v) is 5.92. The molecular weight excluding hydrogens is 294 g/mol. The van der Waals surface area contributed by atoms with Crippen molar-refractivity contribution in [3.05, 3.63) is 40.9 Å². The number of terminal acetylenes is 1. The Hall–Kier alpha value is -2.45. The number of thioether (sulfide) groups is 1. The molecule has 1 fully saturated rings. The molecule has 0 atom stereocenters. The maximum atomic E-state index is 12.3. The smallest absolute Gasteiger partial charge is 0.266 e. The predicted molar refractivity (Wildman–Crippen MR) is 92.5 cm³/mol. The Bertz CT molecular complexity index is 854. The number of fused-ring (bicyclic) bond motifs is 1. The Labute approximate surface area is 133 Å². The van der Waals surface area contributed by atoms with Crippen molar-refractivity contribution in [1.82, 2.24) is 9.47 Å². The minimum Gasteiger partial charge on any atom is -0.335 e. The molecule has 1 aliphatic rings. The molecule has 0 bridgehead atoms. The van der Waals surface area contributed by atoms with Gasteiger partial charge in [0.15, 0.2) is 5.17 Å². The number of carbonyl (C=O) groups is 1. The first-order chi connectivity index (χ1) is 10.7. The molecule has 110 valence electrons. The van der Waals surface area contributed by atoms with Crippen LogP contribution in [-0.4, -0.2) is 34.6 Å². The number of carbonyl (C=O) groups excluding carboxylic acids is 1. The topological polar surface area (TPSA) is 37.6 Å². The van der Waals surface area contributed by atoms with Gasteiger partial charge in [0.25, 0.3) is 5.91 Å². The number of likely N-dealkylation sites (N-methyl/N-ethyl adjacent to an activating group) is 1. The van der Waals surface area contributed by atoms with Crippen molar-refractivity contribution < 1.29 is 4.79 Å². The summed E-state index contributed by atoms with van der Waals surface area (Å²) in [6.45, 7) is 0.506. The van der Waals surface area contributed by atoms with Crippen LogP contribution in [0.15, 0.2) is 40.4 Å². The number of para-hydroxylation sites is 1. The van der Waals surface area contributed by atoms with Gasteiger partial charge in [0.2, 0.25) is 0 Å². The lowest BCUT2D eigenvalue weighted by Crippen LogP contribution is -2.23. The summed E-state index contributed by atoms with van der Waals surface area (Å²) >= 11 is 1.39. The molecule has 1 aromatic heterocycles. The fourth-order valence-electron chi connectivity index (χ4n) is 2.51. The van der Waals surface area contributed by atoms with Crippen LogP contribution in [0.5, 0.6) is 0 Å². The highest BCUT2D eigenvalue weighted by Crippen LogP contribution is 2.33. The van der Waals surface area contributed by atoms with Crippen molar-refractivity contribution in [3.63, 3.8) is 0 Å². The molecule has 3 rings (SSSR count). The average molecular weight is 309 g/mol. The van der Waals surface area contributed by atoms with Gasteiger partial charge in [-0.25, -0.2) is 0 Å². The minimum atomic E-state index is -0.0284. The quantitative estimate of drug-likeness (QED) is 0.632. The molecular formula is C17H15N3OS. The Morgan fingerprint density at radius 1 is 1.41 bits per heavy atom. The van der Waals surface area contributed by atoms with E-state index in [1.54, 1.807) is 19.0 Å². The molecule has 1 aromatic carbocycles. The fraction of sp³-hybridized carbons (Fsp3) is 0.176.